The van der Waals surface area contributed by atoms with Gasteiger partial charge in [0.25, 0.3) is 5.91 Å². The van der Waals surface area contributed by atoms with Crippen LogP contribution >= 0.6 is 11.3 Å². The molecule has 0 spiro atoms. The van der Waals surface area contributed by atoms with E-state index in [2.05, 4.69) is 36.4 Å². The van der Waals surface area contributed by atoms with Crippen LogP contribution in [0.25, 0.3) is 0 Å². The van der Waals surface area contributed by atoms with Gasteiger partial charge in [-0.2, -0.15) is 0 Å². The molecule has 0 bridgehead atoms. The van der Waals surface area contributed by atoms with E-state index in [1.807, 2.05) is 40.6 Å². The zero-order valence-corrected chi connectivity index (χ0v) is 13.5. The quantitative estimate of drug-likeness (QED) is 0.679. The molecule has 0 saturated heterocycles. The Morgan fingerprint density at radius 1 is 0.957 bits per heavy atom. The smallest absolute Gasteiger partial charge is 0.264 e. The maximum Gasteiger partial charge on any atom is 0.264 e. The highest BCUT2D eigenvalue weighted by Gasteiger charge is 2.32. The Kier molecular flexibility index (Phi) is 3.72. The largest absolute Gasteiger partial charge is 0.326 e. The minimum Gasteiger partial charge on any atom is -0.326 e. The number of rotatable bonds is 2. The number of nitrogens with zero attached hydrogens (tertiary/aromatic N) is 1. The maximum absolute atomic E-state index is 13.0. The molecule has 3 aromatic rings. The Labute approximate surface area is 140 Å². The van der Waals surface area contributed by atoms with Crippen LogP contribution in [-0.2, 0) is 6.42 Å². The lowest BCUT2D eigenvalue weighted by Crippen LogP contribution is -2.40. The van der Waals surface area contributed by atoms with Crippen molar-refractivity contribution in [2.45, 2.75) is 12.5 Å². The van der Waals surface area contributed by atoms with Gasteiger partial charge in [-0.3, -0.25) is 4.79 Å². The van der Waals surface area contributed by atoms with E-state index in [1.54, 1.807) is 0 Å². The van der Waals surface area contributed by atoms with Crippen molar-refractivity contribution in [3.05, 3.63) is 93.7 Å². The third kappa shape index (κ3) is 2.57. The first kappa shape index (κ1) is 14.2. The first-order chi connectivity index (χ1) is 11.3. The molecule has 1 amide bonds. The third-order valence-electron chi connectivity index (χ3n) is 4.39. The van der Waals surface area contributed by atoms with Crippen molar-refractivity contribution in [2.24, 2.45) is 0 Å². The number of hydrogen-bond donors (Lipinski definition) is 0. The first-order valence-corrected chi connectivity index (χ1v) is 8.70. The fourth-order valence-electron chi connectivity index (χ4n) is 3.32. The van der Waals surface area contributed by atoms with Crippen molar-refractivity contribution in [1.82, 2.24) is 4.90 Å². The topological polar surface area (TPSA) is 20.3 Å². The van der Waals surface area contributed by atoms with Crippen LogP contribution in [0.2, 0.25) is 0 Å². The minimum atomic E-state index is -0.00394. The Bertz CT molecular complexity index is 811. The number of hydrogen-bond acceptors (Lipinski definition) is 2. The number of carbonyl (C=O) groups is 1. The van der Waals surface area contributed by atoms with Crippen molar-refractivity contribution in [2.75, 3.05) is 6.54 Å². The summed E-state index contributed by atoms with van der Waals surface area (Å²) >= 11 is 1.51. The highest BCUT2D eigenvalue weighted by molar-refractivity contribution is 7.12. The van der Waals surface area contributed by atoms with Crippen LogP contribution in [0.4, 0.5) is 0 Å². The Balaban J connectivity index is 1.81. The van der Waals surface area contributed by atoms with Gasteiger partial charge in [-0.25, -0.2) is 0 Å². The minimum absolute atomic E-state index is 0.00394. The van der Waals surface area contributed by atoms with Crippen molar-refractivity contribution in [3.8, 4) is 0 Å². The summed E-state index contributed by atoms with van der Waals surface area (Å²) in [4.78, 5) is 15.8. The number of amides is 1. The zero-order valence-electron chi connectivity index (χ0n) is 12.7. The molecular weight excluding hydrogens is 302 g/mol. The number of benzene rings is 2. The molecule has 114 valence electrons. The van der Waals surface area contributed by atoms with Crippen molar-refractivity contribution in [1.29, 1.82) is 0 Å². The van der Waals surface area contributed by atoms with Gasteiger partial charge in [0.1, 0.15) is 0 Å². The van der Waals surface area contributed by atoms with Crippen LogP contribution < -0.4 is 0 Å². The van der Waals surface area contributed by atoms with Crippen LogP contribution in [0.15, 0.2) is 72.1 Å². The molecule has 2 nitrogen and oxygen atoms in total. The summed E-state index contributed by atoms with van der Waals surface area (Å²) in [6, 6.07) is 22.6. The van der Waals surface area contributed by atoms with Crippen LogP contribution in [0.5, 0.6) is 0 Å². The molecule has 3 heteroatoms. The Morgan fingerprint density at radius 2 is 1.74 bits per heavy atom. The lowest BCUT2D eigenvalue weighted by atomic mass is 9.88. The molecule has 0 saturated carbocycles. The van der Waals surface area contributed by atoms with E-state index in [0.29, 0.717) is 0 Å². The van der Waals surface area contributed by atoms with Crippen molar-refractivity contribution >= 4 is 17.2 Å². The van der Waals surface area contributed by atoms with E-state index in [1.165, 1.54) is 28.0 Å². The van der Waals surface area contributed by atoms with Crippen LogP contribution in [0.3, 0.4) is 0 Å². The van der Waals surface area contributed by atoms with E-state index in [4.69, 9.17) is 0 Å². The molecule has 23 heavy (non-hydrogen) atoms. The van der Waals surface area contributed by atoms with E-state index >= 15 is 0 Å². The van der Waals surface area contributed by atoms with Gasteiger partial charge in [0, 0.05) is 6.54 Å². The number of thiophene rings is 1. The number of fused-ring (bicyclic) bond motifs is 1. The molecule has 1 aliphatic rings. The van der Waals surface area contributed by atoms with Gasteiger partial charge in [0.15, 0.2) is 0 Å². The summed E-state index contributed by atoms with van der Waals surface area (Å²) < 4.78 is 0. The molecule has 2 heterocycles. The van der Waals surface area contributed by atoms with Gasteiger partial charge in [0.2, 0.25) is 0 Å². The van der Waals surface area contributed by atoms with E-state index in [-0.39, 0.29) is 11.9 Å². The van der Waals surface area contributed by atoms with E-state index in [9.17, 15) is 4.79 Å². The molecule has 1 unspecified atom stereocenters. The molecule has 1 atom stereocenters. The molecule has 2 aromatic carbocycles. The standard InChI is InChI=1S/C20H17NOS/c22-20(18-11-6-14-23-18)21-13-12-15-7-4-5-10-17(15)19(21)16-8-2-1-3-9-16/h1-11,14,19H,12-13H2. The summed E-state index contributed by atoms with van der Waals surface area (Å²) in [6.07, 6.45) is 0.913. The van der Waals surface area contributed by atoms with Gasteiger partial charge in [-0.1, -0.05) is 60.7 Å². The summed E-state index contributed by atoms with van der Waals surface area (Å²) in [5.74, 6) is 0.128. The molecule has 1 aromatic heterocycles. The SMILES string of the molecule is O=C(c1cccs1)N1CCc2ccccc2C1c1ccccc1. The second-order valence-electron chi connectivity index (χ2n) is 5.74. The van der Waals surface area contributed by atoms with Gasteiger partial charge >= 0.3 is 0 Å². The van der Waals surface area contributed by atoms with Crippen LogP contribution in [0.1, 0.15) is 32.4 Å². The second-order valence-corrected chi connectivity index (χ2v) is 6.69. The van der Waals surface area contributed by atoms with Gasteiger partial charge < -0.3 is 4.90 Å². The molecule has 0 N–H and O–H groups in total. The van der Waals surface area contributed by atoms with Crippen molar-refractivity contribution in [3.63, 3.8) is 0 Å². The maximum atomic E-state index is 13.0. The van der Waals surface area contributed by atoms with Crippen LogP contribution in [-0.4, -0.2) is 17.4 Å². The van der Waals surface area contributed by atoms with Gasteiger partial charge in [0.05, 0.1) is 10.9 Å². The highest BCUT2D eigenvalue weighted by Crippen LogP contribution is 2.36. The summed E-state index contributed by atoms with van der Waals surface area (Å²) in [5, 5.41) is 1.96. The molecule has 1 aliphatic heterocycles. The molecule has 0 aliphatic carbocycles. The number of carbonyl (C=O) groups excluding carboxylic acids is 1. The fourth-order valence-corrected chi connectivity index (χ4v) is 4.00. The normalized spacial score (nSPS) is 16.9. The molecule has 0 radical (unpaired) electrons. The summed E-state index contributed by atoms with van der Waals surface area (Å²) in [6.45, 7) is 0.757. The van der Waals surface area contributed by atoms with E-state index in [0.717, 1.165) is 17.8 Å². The predicted octanol–water partition coefficient (Wildman–Crippen LogP) is 4.54. The first-order valence-electron chi connectivity index (χ1n) is 7.82. The Morgan fingerprint density at radius 3 is 2.52 bits per heavy atom. The highest BCUT2D eigenvalue weighted by atomic mass is 32.1. The fraction of sp³-hybridized carbons (Fsp3) is 0.150. The monoisotopic (exact) mass is 319 g/mol. The molecule has 4 rings (SSSR count). The lowest BCUT2D eigenvalue weighted by Gasteiger charge is -2.37. The predicted molar refractivity (Wildman–Crippen MR) is 93.8 cm³/mol. The van der Waals surface area contributed by atoms with Crippen molar-refractivity contribution < 1.29 is 4.79 Å². The van der Waals surface area contributed by atoms with Gasteiger partial charge in [-0.15, -0.1) is 11.3 Å². The molecular formula is C20H17NOS. The third-order valence-corrected chi connectivity index (χ3v) is 5.25. The average Bonchev–Trinajstić information content (AvgIpc) is 3.15. The zero-order chi connectivity index (χ0) is 15.6. The molecule has 0 fully saturated rings. The second kappa shape index (κ2) is 6.01. The van der Waals surface area contributed by atoms with E-state index < -0.39 is 0 Å². The van der Waals surface area contributed by atoms with Crippen LogP contribution in [0, 0.1) is 0 Å². The van der Waals surface area contributed by atoms with Gasteiger partial charge in [-0.05, 0) is 34.6 Å². The summed E-state index contributed by atoms with van der Waals surface area (Å²) in [7, 11) is 0. The average molecular weight is 319 g/mol. The summed E-state index contributed by atoms with van der Waals surface area (Å²) in [5.41, 5.74) is 3.76. The Hall–Kier alpha value is -2.39. The lowest BCUT2D eigenvalue weighted by molar-refractivity contribution is 0.0699.